The molecule has 4 aliphatic rings. The van der Waals surface area contributed by atoms with Gasteiger partial charge in [-0.05, 0) is 48.6 Å². The van der Waals surface area contributed by atoms with E-state index < -0.39 is 0 Å². The number of hydrogen-bond acceptors (Lipinski definition) is 5. The Hall–Kier alpha value is -3.43. The average molecular weight is 449 g/mol. The molecule has 33 heavy (non-hydrogen) atoms. The highest BCUT2D eigenvalue weighted by Crippen LogP contribution is 2.35. The molecule has 0 saturated carbocycles. The lowest BCUT2D eigenvalue weighted by Gasteiger charge is -2.34. The molecule has 2 aromatic rings. The SMILES string of the molecule is O=C(CN1NC2C3CC(c4ccc(F)cc4)NN3C=CN2C1=O)N1CCCc2ccccc21. The molecule has 2 aromatic carbocycles. The van der Waals surface area contributed by atoms with Gasteiger partial charge in [-0.25, -0.2) is 25.0 Å². The van der Waals surface area contributed by atoms with E-state index in [1.807, 2.05) is 29.4 Å². The summed E-state index contributed by atoms with van der Waals surface area (Å²) in [5.74, 6) is -0.363. The van der Waals surface area contributed by atoms with Crippen LogP contribution in [0.4, 0.5) is 14.9 Å². The molecule has 170 valence electrons. The summed E-state index contributed by atoms with van der Waals surface area (Å²) in [4.78, 5) is 29.7. The van der Waals surface area contributed by atoms with E-state index in [1.165, 1.54) is 17.1 Å². The molecule has 2 saturated heterocycles. The summed E-state index contributed by atoms with van der Waals surface area (Å²) in [7, 11) is 0. The number of benzene rings is 2. The van der Waals surface area contributed by atoms with Crippen LogP contribution < -0.4 is 15.8 Å². The van der Waals surface area contributed by atoms with Crippen LogP contribution >= 0.6 is 0 Å². The minimum atomic E-state index is -0.290. The van der Waals surface area contributed by atoms with E-state index in [2.05, 4.69) is 16.9 Å². The molecule has 3 unspecified atom stereocenters. The van der Waals surface area contributed by atoms with Crippen LogP contribution in [0.3, 0.4) is 0 Å². The Balaban J connectivity index is 1.16. The lowest BCUT2D eigenvalue weighted by atomic mass is 10.00. The number of hydrogen-bond donors (Lipinski definition) is 2. The van der Waals surface area contributed by atoms with E-state index in [1.54, 1.807) is 28.1 Å². The fourth-order valence-electron chi connectivity index (χ4n) is 5.26. The van der Waals surface area contributed by atoms with Crippen LogP contribution in [0.5, 0.6) is 0 Å². The van der Waals surface area contributed by atoms with E-state index >= 15 is 0 Å². The number of halogens is 1. The fourth-order valence-corrected chi connectivity index (χ4v) is 5.26. The lowest BCUT2D eigenvalue weighted by molar-refractivity contribution is -0.119. The van der Waals surface area contributed by atoms with Crippen LogP contribution in [0.25, 0.3) is 0 Å². The zero-order valence-electron chi connectivity index (χ0n) is 18.0. The van der Waals surface area contributed by atoms with Crippen molar-refractivity contribution in [3.8, 4) is 0 Å². The molecule has 3 amide bonds. The molecule has 3 atom stereocenters. The van der Waals surface area contributed by atoms with Crippen molar-refractivity contribution < 1.29 is 14.0 Å². The second-order valence-corrected chi connectivity index (χ2v) is 8.87. The maximum Gasteiger partial charge on any atom is 0.340 e. The molecule has 6 rings (SSSR count). The predicted molar refractivity (Wildman–Crippen MR) is 120 cm³/mol. The Morgan fingerprint density at radius 1 is 1.06 bits per heavy atom. The van der Waals surface area contributed by atoms with Gasteiger partial charge in [0, 0.05) is 24.6 Å². The number of nitrogens with zero attached hydrogens (tertiary/aromatic N) is 4. The van der Waals surface area contributed by atoms with Crippen molar-refractivity contribution in [3.05, 3.63) is 77.9 Å². The first kappa shape index (κ1) is 20.2. The minimum Gasteiger partial charge on any atom is -0.311 e. The monoisotopic (exact) mass is 448 g/mol. The molecule has 0 radical (unpaired) electrons. The summed E-state index contributed by atoms with van der Waals surface area (Å²) in [5.41, 5.74) is 9.78. The summed E-state index contributed by atoms with van der Waals surface area (Å²) in [6.07, 6.45) is 5.89. The van der Waals surface area contributed by atoms with Crippen LogP contribution in [0.15, 0.2) is 60.9 Å². The Morgan fingerprint density at radius 3 is 2.73 bits per heavy atom. The van der Waals surface area contributed by atoms with Crippen LogP contribution in [0.1, 0.15) is 30.0 Å². The number of rotatable bonds is 3. The average Bonchev–Trinajstić information content (AvgIpc) is 3.40. The third-order valence-electron chi connectivity index (χ3n) is 6.91. The van der Waals surface area contributed by atoms with Gasteiger partial charge in [0.05, 0.1) is 12.1 Å². The summed E-state index contributed by atoms with van der Waals surface area (Å²) >= 11 is 0. The van der Waals surface area contributed by atoms with Crippen molar-refractivity contribution in [3.63, 3.8) is 0 Å². The zero-order chi connectivity index (χ0) is 22.5. The van der Waals surface area contributed by atoms with Crippen molar-refractivity contribution in [2.75, 3.05) is 18.0 Å². The quantitative estimate of drug-likeness (QED) is 0.755. The standard InChI is InChI=1S/C24H25FN6O2/c25-18-9-7-16(8-10-18)19-14-21-23-27-31(24(33)29(23)12-13-30(21)26-19)15-22(32)28-11-3-5-17-4-1-2-6-20(17)28/h1-2,4,6-10,12-13,19,21,23,26-27H,3,5,11,14-15H2. The highest BCUT2D eigenvalue weighted by molar-refractivity contribution is 5.97. The lowest BCUT2D eigenvalue weighted by Crippen LogP contribution is -2.54. The van der Waals surface area contributed by atoms with Crippen molar-refractivity contribution >= 4 is 17.6 Å². The Bertz CT molecular complexity index is 1120. The number of aryl methyl sites for hydroxylation is 1. The van der Waals surface area contributed by atoms with Crippen molar-refractivity contribution in [2.24, 2.45) is 0 Å². The van der Waals surface area contributed by atoms with Crippen molar-refractivity contribution in [1.29, 1.82) is 0 Å². The number of hydrazine groups is 2. The van der Waals surface area contributed by atoms with E-state index in [9.17, 15) is 14.0 Å². The van der Waals surface area contributed by atoms with Gasteiger partial charge in [0.2, 0.25) is 5.91 Å². The van der Waals surface area contributed by atoms with Gasteiger partial charge in [-0.1, -0.05) is 30.3 Å². The number of carbonyl (C=O) groups is 2. The Labute approximate surface area is 191 Å². The number of anilines is 1. The number of carbonyl (C=O) groups excluding carboxylic acids is 2. The maximum atomic E-state index is 13.3. The molecule has 2 N–H and O–H groups in total. The van der Waals surface area contributed by atoms with Gasteiger partial charge in [-0.3, -0.25) is 9.69 Å². The molecule has 2 fully saturated rings. The molecule has 0 bridgehead atoms. The number of urea groups is 1. The van der Waals surface area contributed by atoms with Gasteiger partial charge >= 0.3 is 6.03 Å². The van der Waals surface area contributed by atoms with Crippen LogP contribution in [0, 0.1) is 5.82 Å². The molecule has 0 aliphatic carbocycles. The van der Waals surface area contributed by atoms with E-state index in [-0.39, 0.29) is 42.5 Å². The molecule has 8 nitrogen and oxygen atoms in total. The van der Waals surface area contributed by atoms with Gasteiger partial charge in [0.25, 0.3) is 0 Å². The summed E-state index contributed by atoms with van der Waals surface area (Å²) in [5, 5.41) is 3.41. The first-order chi connectivity index (χ1) is 16.1. The van der Waals surface area contributed by atoms with Crippen LogP contribution in [-0.2, 0) is 11.2 Å². The van der Waals surface area contributed by atoms with Gasteiger partial charge in [0.1, 0.15) is 18.5 Å². The summed E-state index contributed by atoms with van der Waals surface area (Å²) in [6.45, 7) is 0.625. The molecule has 0 spiro atoms. The minimum absolute atomic E-state index is 0.0117. The zero-order valence-corrected chi connectivity index (χ0v) is 18.0. The summed E-state index contributed by atoms with van der Waals surface area (Å²) < 4.78 is 13.3. The first-order valence-corrected chi connectivity index (χ1v) is 11.3. The van der Waals surface area contributed by atoms with E-state index in [4.69, 9.17) is 0 Å². The second kappa shape index (κ2) is 7.86. The molecular formula is C24H25FN6O2. The number of para-hydroxylation sites is 1. The third kappa shape index (κ3) is 3.44. The predicted octanol–water partition coefficient (Wildman–Crippen LogP) is 2.48. The van der Waals surface area contributed by atoms with Crippen molar-refractivity contribution in [1.82, 2.24) is 25.8 Å². The van der Waals surface area contributed by atoms with Crippen molar-refractivity contribution in [2.45, 2.75) is 37.5 Å². The smallest absolute Gasteiger partial charge is 0.311 e. The number of fused-ring (bicyclic) bond motifs is 4. The fraction of sp³-hybridized carbons (Fsp3) is 0.333. The second-order valence-electron chi connectivity index (χ2n) is 8.87. The molecule has 4 heterocycles. The van der Waals surface area contributed by atoms with Gasteiger partial charge < -0.3 is 9.91 Å². The molecule has 0 aromatic heterocycles. The highest BCUT2D eigenvalue weighted by Gasteiger charge is 2.48. The molecule has 4 aliphatic heterocycles. The normalized spacial score (nSPS) is 25.8. The van der Waals surface area contributed by atoms with E-state index in [0.29, 0.717) is 6.54 Å². The van der Waals surface area contributed by atoms with E-state index in [0.717, 1.165) is 36.1 Å². The Morgan fingerprint density at radius 2 is 1.88 bits per heavy atom. The Kier molecular flexibility index (Phi) is 4.81. The summed E-state index contributed by atoms with van der Waals surface area (Å²) in [6, 6.07) is 14.2. The largest absolute Gasteiger partial charge is 0.340 e. The molecular weight excluding hydrogens is 423 g/mol. The van der Waals surface area contributed by atoms with Crippen LogP contribution in [-0.4, -0.2) is 52.2 Å². The van der Waals surface area contributed by atoms with Gasteiger partial charge in [-0.15, -0.1) is 0 Å². The molecule has 9 heteroatoms. The number of nitrogens with one attached hydrogen (secondary N) is 2. The van der Waals surface area contributed by atoms with Gasteiger partial charge in [-0.2, -0.15) is 0 Å². The topological polar surface area (TPSA) is 71.2 Å². The third-order valence-corrected chi connectivity index (χ3v) is 6.91. The number of amides is 3. The first-order valence-electron chi connectivity index (χ1n) is 11.3. The van der Waals surface area contributed by atoms with Gasteiger partial charge in [0.15, 0.2) is 0 Å². The van der Waals surface area contributed by atoms with Crippen LogP contribution in [0.2, 0.25) is 0 Å². The maximum absolute atomic E-state index is 13.3. The highest BCUT2D eigenvalue weighted by atomic mass is 19.1.